The van der Waals surface area contributed by atoms with Crippen molar-refractivity contribution in [1.82, 2.24) is 40.2 Å². The number of furan rings is 2. The van der Waals surface area contributed by atoms with Crippen molar-refractivity contribution in [3.8, 4) is 0 Å². The lowest BCUT2D eigenvalue weighted by Crippen LogP contribution is -2.58. The van der Waals surface area contributed by atoms with Crippen LogP contribution in [-0.4, -0.2) is 118 Å². The van der Waals surface area contributed by atoms with E-state index in [-0.39, 0.29) is 37.2 Å². The van der Waals surface area contributed by atoms with Gasteiger partial charge in [0.25, 0.3) is 0 Å². The summed E-state index contributed by atoms with van der Waals surface area (Å²) in [6, 6.07) is 64.5. The molecule has 5 heterocycles. The van der Waals surface area contributed by atoms with Crippen LogP contribution in [0.3, 0.4) is 0 Å². The normalized spacial score (nSPS) is 14.2. The molecule has 24 heteroatoms. The van der Waals surface area contributed by atoms with Crippen LogP contribution >= 0.6 is 0 Å². The van der Waals surface area contributed by atoms with Gasteiger partial charge in [0.15, 0.2) is 13.2 Å². The number of benzene rings is 8. The van der Waals surface area contributed by atoms with E-state index >= 15 is 0 Å². The molecule has 1 saturated heterocycles. The average Bonchev–Trinajstić information content (AvgIpc) is 1.63. The maximum Gasteiger partial charge on any atom is 0.421 e. The molecule has 0 spiro atoms. The lowest BCUT2D eigenvalue weighted by molar-refractivity contribution is -0.128. The molecule has 4 atom stereocenters. The van der Waals surface area contributed by atoms with Gasteiger partial charge in [0.1, 0.15) is 33.8 Å². The smallest absolute Gasteiger partial charge is 0.421 e. The quantitative estimate of drug-likeness (QED) is 0.0223. The Morgan fingerprint density at radius 3 is 1.18 bits per heavy atom. The van der Waals surface area contributed by atoms with Crippen LogP contribution < -0.4 is 21.3 Å². The number of carbonyl (C=O) groups is 8. The fourth-order valence-corrected chi connectivity index (χ4v) is 13.3. The Bertz CT molecular complexity index is 4850. The molecule has 0 radical (unpaired) electrons. The van der Waals surface area contributed by atoms with Crippen LogP contribution in [0.1, 0.15) is 105 Å². The first-order chi connectivity index (χ1) is 52.3. The summed E-state index contributed by atoms with van der Waals surface area (Å²) < 4.78 is 47.2. The monoisotopic (exact) mass is 1460 g/mol. The molecule has 4 aromatic heterocycles. The van der Waals surface area contributed by atoms with Crippen molar-refractivity contribution in [3.05, 3.63) is 287 Å². The van der Waals surface area contributed by atoms with Crippen LogP contribution in [0.5, 0.6) is 0 Å². The van der Waals surface area contributed by atoms with Crippen LogP contribution in [-0.2, 0) is 77.2 Å². The molecule has 0 aliphatic carbocycles. The lowest BCUT2D eigenvalue weighted by atomic mass is 9.91. The zero-order valence-electron chi connectivity index (χ0n) is 59.9. The minimum atomic E-state index is -1.61. The van der Waals surface area contributed by atoms with Crippen molar-refractivity contribution < 1.29 is 75.6 Å². The Kier molecular flexibility index (Phi) is 22.5. The third-order valence-electron chi connectivity index (χ3n) is 19.2. The molecule has 13 rings (SSSR count). The van der Waals surface area contributed by atoms with Gasteiger partial charge in [0, 0.05) is 86.0 Å². The number of fused-ring (bicyclic) bond motifs is 4. The van der Waals surface area contributed by atoms with E-state index in [9.17, 15) is 38.4 Å². The first kappa shape index (κ1) is 73.5. The molecule has 1 aliphatic heterocycles. The molecule has 0 saturated carbocycles. The molecular weight excluding hydrogens is 1380 g/mol. The lowest BCUT2D eigenvalue weighted by Gasteiger charge is -2.34. The van der Waals surface area contributed by atoms with Crippen molar-refractivity contribution in [2.45, 2.75) is 90.0 Å². The maximum absolute atomic E-state index is 14.3. The van der Waals surface area contributed by atoms with E-state index in [0.29, 0.717) is 68.7 Å². The van der Waals surface area contributed by atoms with Crippen molar-refractivity contribution in [1.29, 1.82) is 0 Å². The standard InChI is InChI=1S/C84H80N8O16/c1-55(59-19-7-5-8-20-59)85-77(95)83(3,87-79(97)101-51-67-43-63-23-11-17-29-73(63)107-67)45-65-49-91(71-27-15-13-25-69(65)71)81(99)105-53-103-75(93)61-35-31-57(32-36-61)47-89-39-41-90(42-40-89)48-58-33-37-62(38-34-58)76(94)104-54-106-82(100)92-50-66(70-26-14-16-28-72(70)92)46-84(4,78(96)86-56(2)60-21-9-6-10-22-60)88-80(98)102-52-68-44-64-24-12-18-30-74(64)108-68/h5-38,43-44,49-50,55-56H,39-42,45-48,51-54H2,1-4H3,(H,85,95)(H,86,96)(H,87,97)(H,88,98)/t55-,56-,83-,84?/m0/s1. The summed E-state index contributed by atoms with van der Waals surface area (Å²) in [6.07, 6.45) is -0.494. The summed E-state index contributed by atoms with van der Waals surface area (Å²) in [5.74, 6) is -1.55. The molecule has 0 bridgehead atoms. The zero-order valence-corrected chi connectivity index (χ0v) is 59.9. The fraction of sp³-hybridized carbons (Fsp3) is 0.238. The Morgan fingerprint density at radius 1 is 0.426 bits per heavy atom. The second-order valence-corrected chi connectivity index (χ2v) is 27.1. The molecule has 4 amide bonds. The Balaban J connectivity index is 0.554. The number of hydrogen-bond acceptors (Lipinski definition) is 18. The maximum atomic E-state index is 14.3. The number of rotatable bonds is 26. The number of piperazine rings is 1. The van der Waals surface area contributed by atoms with E-state index in [2.05, 4.69) is 31.1 Å². The van der Waals surface area contributed by atoms with Gasteiger partial charge in [-0.15, -0.1) is 0 Å². The number of nitrogens with zero attached hydrogens (tertiary/aromatic N) is 4. The number of ether oxygens (including phenoxy) is 6. The number of alkyl carbamates (subject to hydrolysis) is 2. The predicted octanol–water partition coefficient (Wildman–Crippen LogP) is 14.2. The summed E-state index contributed by atoms with van der Waals surface area (Å²) in [6.45, 7) is 9.49. The summed E-state index contributed by atoms with van der Waals surface area (Å²) in [5.41, 5.74) is 4.23. The van der Waals surface area contributed by atoms with Crippen molar-refractivity contribution in [3.63, 3.8) is 0 Å². The van der Waals surface area contributed by atoms with E-state index in [1.807, 2.05) is 147 Å². The van der Waals surface area contributed by atoms with Gasteiger partial charge >= 0.3 is 36.3 Å². The van der Waals surface area contributed by atoms with Crippen molar-refractivity contribution >= 4 is 91.9 Å². The van der Waals surface area contributed by atoms with Gasteiger partial charge < -0.3 is 58.5 Å². The van der Waals surface area contributed by atoms with Gasteiger partial charge in [-0.3, -0.25) is 28.5 Å². The summed E-state index contributed by atoms with van der Waals surface area (Å²) in [4.78, 5) is 115. The third-order valence-corrected chi connectivity index (χ3v) is 19.2. The molecule has 1 unspecified atom stereocenters. The number of amides is 4. The highest BCUT2D eigenvalue weighted by Gasteiger charge is 2.40. The van der Waals surface area contributed by atoms with E-state index in [1.54, 1.807) is 98.8 Å². The molecule has 1 fully saturated rings. The Morgan fingerprint density at radius 2 is 0.787 bits per heavy atom. The molecule has 8 aromatic carbocycles. The molecule has 4 N–H and O–H groups in total. The molecular formula is C84H80N8O16. The number of hydrogen-bond donors (Lipinski definition) is 4. The SMILES string of the molecule is C[C@H](NC(=O)C(C)(Cc1cn(C(=O)OCOC(=O)c2ccc(CN3CCN(Cc4ccc(C(=O)OCOC(=O)n5cc(C[C@](C)(NC(=O)OCc6cc7ccccc7o6)C(=O)N[C@@H](C)c6ccccc6)c6ccccc65)cc4)CC3)cc2)c2ccccc12)NC(=O)OCc1cc2ccccc2o1)c1ccccc1. The second-order valence-electron chi connectivity index (χ2n) is 27.1. The van der Waals surface area contributed by atoms with E-state index in [1.165, 1.54) is 21.5 Å². The number of nitrogens with one attached hydrogen (secondary N) is 4. The largest absolute Gasteiger partial charge is 0.457 e. The van der Waals surface area contributed by atoms with E-state index in [0.717, 1.165) is 59.2 Å². The predicted molar refractivity (Wildman–Crippen MR) is 401 cm³/mol. The fourth-order valence-electron chi connectivity index (χ4n) is 13.3. The van der Waals surface area contributed by atoms with Crippen LogP contribution in [0.15, 0.2) is 240 Å². The van der Waals surface area contributed by atoms with Crippen LogP contribution in [0.2, 0.25) is 0 Å². The molecule has 552 valence electrons. The van der Waals surface area contributed by atoms with Gasteiger partial charge in [-0.1, -0.05) is 158 Å². The first-order valence-corrected chi connectivity index (χ1v) is 35.4. The van der Waals surface area contributed by atoms with Crippen LogP contribution in [0, 0.1) is 0 Å². The molecule has 108 heavy (non-hydrogen) atoms. The average molecular weight is 1460 g/mol. The highest BCUT2D eigenvalue weighted by Crippen LogP contribution is 2.31. The second kappa shape index (κ2) is 33.1. The van der Waals surface area contributed by atoms with Gasteiger partial charge in [0.05, 0.1) is 34.2 Å². The Hall–Kier alpha value is -12.8. The van der Waals surface area contributed by atoms with E-state index < -0.39 is 84.9 Å². The highest BCUT2D eigenvalue weighted by atomic mass is 16.7. The van der Waals surface area contributed by atoms with E-state index in [4.69, 9.17) is 37.3 Å². The minimum Gasteiger partial charge on any atom is -0.457 e. The highest BCUT2D eigenvalue weighted by molar-refractivity contribution is 5.97. The zero-order chi connectivity index (χ0) is 75.3. The number of aromatic nitrogens is 2. The topological polar surface area (TPSA) is 283 Å². The molecule has 12 aromatic rings. The minimum absolute atomic E-state index is 0.0738. The molecule has 24 nitrogen and oxygen atoms in total. The van der Waals surface area contributed by atoms with Gasteiger partial charge in [-0.2, -0.15) is 0 Å². The van der Waals surface area contributed by atoms with Gasteiger partial charge in [0.2, 0.25) is 25.4 Å². The Labute approximate surface area is 621 Å². The van der Waals surface area contributed by atoms with Crippen LogP contribution in [0.25, 0.3) is 43.7 Å². The number of carbonyl (C=O) groups excluding carboxylic acids is 8. The van der Waals surface area contributed by atoms with Gasteiger partial charge in [-0.25, -0.2) is 28.8 Å². The van der Waals surface area contributed by atoms with Crippen LogP contribution in [0.4, 0.5) is 19.2 Å². The van der Waals surface area contributed by atoms with Crippen molar-refractivity contribution in [2.75, 3.05) is 39.8 Å². The molecule has 1 aliphatic rings. The number of esters is 2. The van der Waals surface area contributed by atoms with Crippen molar-refractivity contribution in [2.24, 2.45) is 0 Å². The summed E-state index contributed by atoms with van der Waals surface area (Å²) >= 11 is 0. The third kappa shape index (κ3) is 17.8. The summed E-state index contributed by atoms with van der Waals surface area (Å²) in [5, 5.41) is 14.6. The number of para-hydroxylation sites is 4. The first-order valence-electron chi connectivity index (χ1n) is 35.4. The van der Waals surface area contributed by atoms with Gasteiger partial charge in [-0.05, 0) is 122 Å². The summed E-state index contributed by atoms with van der Waals surface area (Å²) in [7, 11) is 0.